The molecule has 0 spiro atoms. The maximum atomic E-state index is 12.5. The molecule has 0 aromatic heterocycles. The van der Waals surface area contributed by atoms with Gasteiger partial charge in [0.2, 0.25) is 0 Å². The first-order valence-electron chi connectivity index (χ1n) is 8.23. The van der Waals surface area contributed by atoms with Crippen molar-refractivity contribution in [1.82, 2.24) is 10.6 Å². The molecule has 1 aliphatic rings. The first-order valence-corrected chi connectivity index (χ1v) is 8.61. The summed E-state index contributed by atoms with van der Waals surface area (Å²) in [5.41, 5.74) is 1.66. The van der Waals surface area contributed by atoms with Crippen LogP contribution >= 0.6 is 11.6 Å². The molecule has 0 fully saturated rings. The molecular weight excluding hydrogens is 328 g/mol. The zero-order valence-electron chi connectivity index (χ0n) is 14.0. The van der Waals surface area contributed by atoms with Crippen LogP contribution in [0.1, 0.15) is 51.1 Å². The summed E-state index contributed by atoms with van der Waals surface area (Å²) in [6, 6.07) is 6.17. The molecule has 0 unspecified atom stereocenters. The number of allylic oxidation sites excluding steroid dienone is 1. The number of unbranched alkanes of at least 4 members (excludes halogenated alkanes) is 3. The lowest BCUT2D eigenvalue weighted by Gasteiger charge is -2.28. The van der Waals surface area contributed by atoms with Crippen molar-refractivity contribution >= 4 is 23.6 Å². The van der Waals surface area contributed by atoms with Crippen LogP contribution in [0.25, 0.3) is 0 Å². The molecule has 2 amide bonds. The Hall–Kier alpha value is -2.01. The van der Waals surface area contributed by atoms with E-state index in [1.165, 1.54) is 0 Å². The van der Waals surface area contributed by atoms with Gasteiger partial charge in [0.15, 0.2) is 0 Å². The topological polar surface area (TPSA) is 67.4 Å². The van der Waals surface area contributed by atoms with Crippen molar-refractivity contribution in [2.45, 2.75) is 45.6 Å². The summed E-state index contributed by atoms with van der Waals surface area (Å²) in [5.74, 6) is -0.415. The van der Waals surface area contributed by atoms with Crippen LogP contribution < -0.4 is 10.6 Å². The largest absolute Gasteiger partial charge is 0.462 e. The second-order valence-corrected chi connectivity index (χ2v) is 6.26. The van der Waals surface area contributed by atoms with E-state index in [1.807, 2.05) is 6.07 Å². The number of rotatable bonds is 7. The Balaban J connectivity index is 2.15. The fourth-order valence-corrected chi connectivity index (χ4v) is 2.87. The van der Waals surface area contributed by atoms with Crippen molar-refractivity contribution in [1.29, 1.82) is 0 Å². The van der Waals surface area contributed by atoms with E-state index >= 15 is 0 Å². The molecule has 1 aromatic carbocycles. The first-order chi connectivity index (χ1) is 11.5. The van der Waals surface area contributed by atoms with E-state index in [0.717, 1.165) is 31.2 Å². The van der Waals surface area contributed by atoms with E-state index in [4.69, 9.17) is 16.3 Å². The van der Waals surface area contributed by atoms with E-state index in [9.17, 15) is 9.59 Å². The van der Waals surface area contributed by atoms with Crippen LogP contribution in [0.15, 0.2) is 35.5 Å². The summed E-state index contributed by atoms with van der Waals surface area (Å²) in [6.45, 7) is 4.21. The summed E-state index contributed by atoms with van der Waals surface area (Å²) >= 11 is 6.04. The van der Waals surface area contributed by atoms with Gasteiger partial charge in [0.05, 0.1) is 18.2 Å². The zero-order chi connectivity index (χ0) is 17.5. The molecule has 130 valence electrons. The average Bonchev–Trinajstić information content (AvgIpc) is 2.53. The first kappa shape index (κ1) is 18.3. The molecule has 2 rings (SSSR count). The number of benzene rings is 1. The highest BCUT2D eigenvalue weighted by Crippen LogP contribution is 2.29. The van der Waals surface area contributed by atoms with E-state index in [1.54, 1.807) is 25.1 Å². The van der Waals surface area contributed by atoms with Crippen molar-refractivity contribution < 1.29 is 14.3 Å². The molecule has 0 saturated heterocycles. The molecule has 0 aliphatic carbocycles. The highest BCUT2D eigenvalue weighted by molar-refractivity contribution is 6.30. The van der Waals surface area contributed by atoms with E-state index < -0.39 is 12.0 Å². The van der Waals surface area contributed by atoms with Gasteiger partial charge in [-0.15, -0.1) is 0 Å². The van der Waals surface area contributed by atoms with E-state index in [0.29, 0.717) is 22.9 Å². The molecule has 1 aliphatic heterocycles. The molecule has 6 heteroatoms. The minimum absolute atomic E-state index is 0.350. The van der Waals surface area contributed by atoms with Gasteiger partial charge >= 0.3 is 12.0 Å². The van der Waals surface area contributed by atoms with Gasteiger partial charge in [-0.25, -0.2) is 9.59 Å². The molecule has 2 N–H and O–H groups in total. The fourth-order valence-electron chi connectivity index (χ4n) is 2.67. The molecule has 1 heterocycles. The molecular formula is C18H23ClN2O3. The van der Waals surface area contributed by atoms with Crippen molar-refractivity contribution in [2.75, 3.05) is 6.61 Å². The normalized spacial score (nSPS) is 17.3. The van der Waals surface area contributed by atoms with E-state index in [2.05, 4.69) is 17.6 Å². The number of esters is 1. The lowest BCUT2D eigenvalue weighted by molar-refractivity contribution is -0.139. The van der Waals surface area contributed by atoms with Crippen LogP contribution in [0.5, 0.6) is 0 Å². The van der Waals surface area contributed by atoms with Crippen molar-refractivity contribution in [3.05, 3.63) is 46.1 Å². The van der Waals surface area contributed by atoms with Gasteiger partial charge in [0, 0.05) is 10.7 Å². The molecule has 1 aromatic rings. The maximum absolute atomic E-state index is 12.5. The molecule has 1 atom stereocenters. The lowest BCUT2D eigenvalue weighted by atomic mass is 9.95. The van der Waals surface area contributed by atoms with Crippen LogP contribution in [0.2, 0.25) is 5.02 Å². The van der Waals surface area contributed by atoms with Gasteiger partial charge in [-0.1, -0.05) is 49.9 Å². The number of carbonyl (C=O) groups is 2. The Morgan fingerprint density at radius 3 is 2.79 bits per heavy atom. The minimum atomic E-state index is -0.569. The van der Waals surface area contributed by atoms with Crippen molar-refractivity contribution in [3.63, 3.8) is 0 Å². The Labute approximate surface area is 147 Å². The van der Waals surface area contributed by atoms with Gasteiger partial charge in [0.25, 0.3) is 0 Å². The van der Waals surface area contributed by atoms with Crippen LogP contribution in [-0.4, -0.2) is 18.6 Å². The number of carbonyl (C=O) groups excluding carboxylic acids is 2. The van der Waals surface area contributed by atoms with Crippen LogP contribution in [0.4, 0.5) is 4.79 Å². The van der Waals surface area contributed by atoms with Crippen LogP contribution in [-0.2, 0) is 9.53 Å². The van der Waals surface area contributed by atoms with Gasteiger partial charge in [-0.3, -0.25) is 0 Å². The van der Waals surface area contributed by atoms with Gasteiger partial charge in [-0.05, 0) is 31.0 Å². The Bertz CT molecular complexity index is 643. The quantitative estimate of drug-likeness (QED) is 0.575. The molecule has 0 bridgehead atoms. The van der Waals surface area contributed by atoms with Gasteiger partial charge in [0.1, 0.15) is 0 Å². The smallest absolute Gasteiger partial charge is 0.338 e. The number of amides is 2. The number of nitrogens with one attached hydrogen (secondary N) is 2. The standard InChI is InChI=1S/C18H23ClN2O3/c1-3-4-5-6-10-24-17(22)15-12(2)20-18(23)21-16(15)13-8-7-9-14(19)11-13/h7-9,11,16H,3-6,10H2,1-2H3,(H2,20,21,23)/t16-/m0/s1. The van der Waals surface area contributed by atoms with Gasteiger partial charge in [-0.2, -0.15) is 0 Å². The van der Waals surface area contributed by atoms with Gasteiger partial charge < -0.3 is 15.4 Å². The summed E-state index contributed by atoms with van der Waals surface area (Å²) in [7, 11) is 0. The van der Waals surface area contributed by atoms with Crippen LogP contribution in [0, 0.1) is 0 Å². The SMILES string of the molecule is CCCCCCOC(=O)C1=C(C)NC(=O)N[C@H]1c1cccc(Cl)c1. The molecule has 24 heavy (non-hydrogen) atoms. The van der Waals surface area contributed by atoms with Crippen LogP contribution in [0.3, 0.4) is 0 Å². The summed E-state index contributed by atoms with van der Waals surface area (Å²) < 4.78 is 5.39. The highest BCUT2D eigenvalue weighted by atomic mass is 35.5. The predicted octanol–water partition coefficient (Wildman–Crippen LogP) is 4.09. The maximum Gasteiger partial charge on any atom is 0.338 e. The lowest BCUT2D eigenvalue weighted by Crippen LogP contribution is -2.45. The fraction of sp³-hybridized carbons (Fsp3) is 0.444. The summed E-state index contributed by atoms with van der Waals surface area (Å²) in [4.78, 5) is 24.3. The third kappa shape index (κ3) is 4.74. The Morgan fingerprint density at radius 1 is 1.29 bits per heavy atom. The average molecular weight is 351 g/mol. The highest BCUT2D eigenvalue weighted by Gasteiger charge is 2.32. The number of hydrogen-bond donors (Lipinski definition) is 2. The number of ether oxygens (including phenoxy) is 1. The third-order valence-electron chi connectivity index (χ3n) is 3.90. The molecule has 5 nitrogen and oxygen atoms in total. The Kier molecular flexibility index (Phi) is 6.67. The van der Waals surface area contributed by atoms with E-state index in [-0.39, 0.29) is 6.03 Å². The number of halogens is 1. The second-order valence-electron chi connectivity index (χ2n) is 5.82. The van der Waals surface area contributed by atoms with Crippen molar-refractivity contribution in [3.8, 4) is 0 Å². The Morgan fingerprint density at radius 2 is 2.08 bits per heavy atom. The second kappa shape index (κ2) is 8.73. The summed E-state index contributed by atoms with van der Waals surface area (Å²) in [6.07, 6.45) is 4.13. The number of hydrogen-bond acceptors (Lipinski definition) is 3. The van der Waals surface area contributed by atoms with Crippen molar-refractivity contribution in [2.24, 2.45) is 0 Å². The third-order valence-corrected chi connectivity index (χ3v) is 4.14. The minimum Gasteiger partial charge on any atom is -0.462 e. The monoisotopic (exact) mass is 350 g/mol. The zero-order valence-corrected chi connectivity index (χ0v) is 14.8. The molecule has 0 saturated carbocycles. The predicted molar refractivity (Wildman–Crippen MR) is 93.7 cm³/mol. The number of urea groups is 1. The summed E-state index contributed by atoms with van der Waals surface area (Å²) in [5, 5.41) is 5.94. The molecule has 0 radical (unpaired) electrons.